The first-order valence-corrected chi connectivity index (χ1v) is 7.44. The third-order valence-corrected chi connectivity index (χ3v) is 3.08. The smallest absolute Gasteiger partial charge is 0.303 e. The second-order valence-electron chi connectivity index (χ2n) is 5.35. The van der Waals surface area contributed by atoms with Crippen LogP contribution in [0.3, 0.4) is 0 Å². The van der Waals surface area contributed by atoms with Gasteiger partial charge in [-0.15, -0.1) is 0 Å². The summed E-state index contributed by atoms with van der Waals surface area (Å²) in [5.41, 5.74) is 7.59. The van der Waals surface area contributed by atoms with Crippen LogP contribution in [-0.2, 0) is 20.8 Å². The van der Waals surface area contributed by atoms with Crippen molar-refractivity contribution in [3.8, 4) is 0 Å². The van der Waals surface area contributed by atoms with Crippen molar-refractivity contribution >= 4 is 23.3 Å². The van der Waals surface area contributed by atoms with Crippen molar-refractivity contribution in [3.05, 3.63) is 41.6 Å². The number of amides is 1. The van der Waals surface area contributed by atoms with Gasteiger partial charge in [-0.3, -0.25) is 14.4 Å². The summed E-state index contributed by atoms with van der Waals surface area (Å²) >= 11 is 0. The average Bonchev–Trinajstić information content (AvgIpc) is 2.45. The molecule has 0 saturated carbocycles. The van der Waals surface area contributed by atoms with Gasteiger partial charge >= 0.3 is 5.97 Å². The minimum absolute atomic E-state index is 0.0131. The Labute approximate surface area is 135 Å². The SMILES string of the molecule is C/C(N)=C/C(=O)CCc1ccc(NC(=O)CCCC(=O)O)cc1. The summed E-state index contributed by atoms with van der Waals surface area (Å²) in [4.78, 5) is 33.5. The number of carboxylic acids is 1. The molecular weight excluding hydrogens is 296 g/mol. The van der Waals surface area contributed by atoms with E-state index in [2.05, 4.69) is 5.32 Å². The molecule has 0 aromatic heterocycles. The lowest BCUT2D eigenvalue weighted by Crippen LogP contribution is -2.11. The molecule has 0 unspecified atom stereocenters. The van der Waals surface area contributed by atoms with Crippen LogP contribution in [-0.4, -0.2) is 22.8 Å². The minimum atomic E-state index is -0.906. The Kier molecular flexibility index (Phi) is 7.53. The van der Waals surface area contributed by atoms with Gasteiger partial charge in [0.15, 0.2) is 5.78 Å². The van der Waals surface area contributed by atoms with Gasteiger partial charge in [0.2, 0.25) is 5.91 Å². The largest absolute Gasteiger partial charge is 0.481 e. The number of nitrogens with one attached hydrogen (secondary N) is 1. The van der Waals surface area contributed by atoms with Crippen molar-refractivity contribution in [2.24, 2.45) is 5.73 Å². The highest BCUT2D eigenvalue weighted by atomic mass is 16.4. The van der Waals surface area contributed by atoms with Crippen LogP contribution in [0.1, 0.15) is 38.2 Å². The highest BCUT2D eigenvalue weighted by Gasteiger charge is 2.05. The molecule has 1 aromatic carbocycles. The highest BCUT2D eigenvalue weighted by Crippen LogP contribution is 2.12. The monoisotopic (exact) mass is 318 g/mol. The molecule has 6 heteroatoms. The predicted octanol–water partition coefficient (Wildman–Crippen LogP) is 2.24. The summed E-state index contributed by atoms with van der Waals surface area (Å²) in [5, 5.41) is 11.2. The molecule has 1 rings (SSSR count). The fourth-order valence-electron chi connectivity index (χ4n) is 1.97. The van der Waals surface area contributed by atoms with Crippen molar-refractivity contribution in [2.75, 3.05) is 5.32 Å². The quantitative estimate of drug-likeness (QED) is 0.605. The highest BCUT2D eigenvalue weighted by molar-refractivity contribution is 5.91. The van der Waals surface area contributed by atoms with E-state index in [9.17, 15) is 14.4 Å². The predicted molar refractivity (Wildman–Crippen MR) is 87.8 cm³/mol. The molecule has 0 spiro atoms. The van der Waals surface area contributed by atoms with E-state index in [0.29, 0.717) is 30.6 Å². The summed E-state index contributed by atoms with van der Waals surface area (Å²) < 4.78 is 0. The third-order valence-electron chi connectivity index (χ3n) is 3.08. The van der Waals surface area contributed by atoms with Gasteiger partial charge in [-0.2, -0.15) is 0 Å². The van der Waals surface area contributed by atoms with Crippen molar-refractivity contribution in [2.45, 2.75) is 39.0 Å². The lowest BCUT2D eigenvalue weighted by Gasteiger charge is -2.06. The number of ketones is 1. The van der Waals surface area contributed by atoms with Crippen molar-refractivity contribution in [1.82, 2.24) is 0 Å². The minimum Gasteiger partial charge on any atom is -0.481 e. The van der Waals surface area contributed by atoms with Gasteiger partial charge in [0.1, 0.15) is 0 Å². The molecule has 0 bridgehead atoms. The topological polar surface area (TPSA) is 109 Å². The molecule has 0 aliphatic heterocycles. The fourth-order valence-corrected chi connectivity index (χ4v) is 1.97. The number of allylic oxidation sites excluding steroid dienone is 2. The number of rotatable bonds is 9. The Bertz CT molecular complexity index is 587. The Balaban J connectivity index is 2.41. The molecule has 124 valence electrons. The van der Waals surface area contributed by atoms with Crippen molar-refractivity contribution in [1.29, 1.82) is 0 Å². The maximum absolute atomic E-state index is 11.6. The Morgan fingerprint density at radius 3 is 2.35 bits per heavy atom. The van der Waals surface area contributed by atoms with Crippen LogP contribution in [0.5, 0.6) is 0 Å². The number of benzene rings is 1. The van der Waals surface area contributed by atoms with Crippen LogP contribution >= 0.6 is 0 Å². The lowest BCUT2D eigenvalue weighted by atomic mass is 10.1. The molecule has 0 radical (unpaired) electrons. The normalized spacial score (nSPS) is 11.1. The first-order valence-electron chi connectivity index (χ1n) is 7.44. The summed E-state index contributed by atoms with van der Waals surface area (Å²) in [6.07, 6.45) is 2.89. The second-order valence-corrected chi connectivity index (χ2v) is 5.35. The molecule has 0 saturated heterocycles. The number of aliphatic carboxylic acids is 1. The summed E-state index contributed by atoms with van der Waals surface area (Å²) in [5.74, 6) is -1.13. The van der Waals surface area contributed by atoms with Crippen molar-refractivity contribution in [3.63, 3.8) is 0 Å². The fraction of sp³-hybridized carbons (Fsp3) is 0.353. The zero-order chi connectivity index (χ0) is 17.2. The van der Waals surface area contributed by atoms with Crippen molar-refractivity contribution < 1.29 is 19.5 Å². The van der Waals surface area contributed by atoms with Crippen LogP contribution in [0.15, 0.2) is 36.0 Å². The van der Waals surface area contributed by atoms with Gasteiger partial charge in [0.25, 0.3) is 0 Å². The Morgan fingerprint density at radius 1 is 1.13 bits per heavy atom. The maximum Gasteiger partial charge on any atom is 0.303 e. The van der Waals surface area contributed by atoms with Gasteiger partial charge in [-0.25, -0.2) is 0 Å². The zero-order valence-corrected chi connectivity index (χ0v) is 13.2. The first kappa shape index (κ1) is 18.4. The standard InChI is InChI=1S/C17H22N2O4/c1-12(18)11-15(20)10-7-13-5-8-14(9-6-13)19-16(21)3-2-4-17(22)23/h5-6,8-9,11H,2-4,7,10,18H2,1H3,(H,19,21)(H,22,23)/b12-11-. The number of carbonyl (C=O) groups excluding carboxylic acids is 2. The first-order chi connectivity index (χ1) is 10.9. The van der Waals surface area contributed by atoms with Gasteiger partial charge in [-0.1, -0.05) is 12.1 Å². The Morgan fingerprint density at radius 2 is 1.78 bits per heavy atom. The average molecular weight is 318 g/mol. The van der Waals surface area contributed by atoms with Gasteiger partial charge in [0.05, 0.1) is 0 Å². The lowest BCUT2D eigenvalue weighted by molar-refractivity contribution is -0.137. The summed E-state index contributed by atoms with van der Waals surface area (Å²) in [6.45, 7) is 1.67. The number of hydrogen-bond donors (Lipinski definition) is 3. The van der Waals surface area contributed by atoms with Gasteiger partial charge < -0.3 is 16.2 Å². The maximum atomic E-state index is 11.6. The van der Waals surface area contributed by atoms with E-state index in [4.69, 9.17) is 10.8 Å². The molecule has 1 amide bonds. The van der Waals surface area contributed by atoms with Gasteiger partial charge in [-0.05, 0) is 43.5 Å². The van der Waals surface area contributed by atoms with E-state index in [1.54, 1.807) is 19.1 Å². The second kappa shape index (κ2) is 9.40. The van der Waals surface area contributed by atoms with E-state index < -0.39 is 5.97 Å². The molecule has 1 aromatic rings. The number of nitrogens with two attached hydrogens (primary N) is 1. The van der Waals surface area contributed by atoms with E-state index in [0.717, 1.165) is 5.56 Å². The molecular formula is C17H22N2O4. The summed E-state index contributed by atoms with van der Waals surface area (Å²) in [6, 6.07) is 7.22. The van der Waals surface area contributed by atoms with E-state index >= 15 is 0 Å². The zero-order valence-electron chi connectivity index (χ0n) is 13.2. The van der Waals surface area contributed by atoms with E-state index in [1.165, 1.54) is 6.08 Å². The molecule has 0 atom stereocenters. The third kappa shape index (κ3) is 8.40. The Hall–Kier alpha value is -2.63. The number of carbonyl (C=O) groups is 3. The van der Waals surface area contributed by atoms with Crippen LogP contribution in [0, 0.1) is 0 Å². The number of aryl methyl sites for hydroxylation is 1. The molecule has 23 heavy (non-hydrogen) atoms. The van der Waals surface area contributed by atoms with Crippen LogP contribution in [0.25, 0.3) is 0 Å². The molecule has 4 N–H and O–H groups in total. The molecule has 0 heterocycles. The number of anilines is 1. The van der Waals surface area contributed by atoms with E-state index in [1.807, 2.05) is 12.1 Å². The van der Waals surface area contributed by atoms with Crippen LogP contribution in [0.2, 0.25) is 0 Å². The van der Waals surface area contributed by atoms with Gasteiger partial charge in [0, 0.05) is 30.6 Å². The molecule has 0 aliphatic rings. The molecule has 0 aliphatic carbocycles. The summed E-state index contributed by atoms with van der Waals surface area (Å²) in [7, 11) is 0. The number of hydrogen-bond acceptors (Lipinski definition) is 4. The van der Waals surface area contributed by atoms with Crippen LogP contribution < -0.4 is 11.1 Å². The molecule has 6 nitrogen and oxygen atoms in total. The molecule has 0 fully saturated rings. The van der Waals surface area contributed by atoms with Crippen LogP contribution in [0.4, 0.5) is 5.69 Å². The van der Waals surface area contributed by atoms with E-state index in [-0.39, 0.29) is 24.5 Å². The number of carboxylic acid groups (broad SMARTS) is 1.